The lowest BCUT2D eigenvalue weighted by atomic mass is 10.0. The van der Waals surface area contributed by atoms with Gasteiger partial charge in [0, 0.05) is 25.7 Å². The first-order valence-corrected chi connectivity index (χ1v) is 4.43. The molecule has 0 radical (unpaired) electrons. The highest BCUT2D eigenvalue weighted by molar-refractivity contribution is 4.86. The fourth-order valence-electron chi connectivity index (χ4n) is 1.58. The zero-order chi connectivity index (χ0) is 8.97. The number of likely N-dealkylation sites (N-methyl/N-ethyl adjacent to an activating group) is 1. The summed E-state index contributed by atoms with van der Waals surface area (Å²) in [5, 5.41) is 0. The summed E-state index contributed by atoms with van der Waals surface area (Å²) >= 11 is 0. The number of ether oxygens (including phenoxy) is 1. The van der Waals surface area contributed by atoms with E-state index < -0.39 is 0 Å². The van der Waals surface area contributed by atoms with Crippen LogP contribution in [-0.2, 0) is 4.74 Å². The van der Waals surface area contributed by atoms with E-state index in [4.69, 9.17) is 10.5 Å². The van der Waals surface area contributed by atoms with Crippen LogP contribution in [-0.4, -0.2) is 37.2 Å². The smallest absolute Gasteiger partial charge is 0.0637 e. The van der Waals surface area contributed by atoms with Crippen molar-refractivity contribution in [2.75, 3.05) is 20.3 Å². The zero-order valence-electron chi connectivity index (χ0n) is 7.70. The molecule has 1 saturated heterocycles. The van der Waals surface area contributed by atoms with Crippen LogP contribution < -0.4 is 5.73 Å². The van der Waals surface area contributed by atoms with Gasteiger partial charge in [-0.05, 0) is 19.0 Å². The molecule has 0 amide bonds. The maximum Gasteiger partial charge on any atom is 0.0637 e. The highest BCUT2D eigenvalue weighted by atomic mass is 16.5. The van der Waals surface area contributed by atoms with Gasteiger partial charge in [-0.15, -0.1) is 0 Å². The first-order chi connectivity index (χ1) is 5.75. The molecule has 2 atom stereocenters. The van der Waals surface area contributed by atoms with E-state index in [0.717, 1.165) is 19.4 Å². The Labute approximate surface area is 74.2 Å². The predicted octanol–water partition coefficient (Wildman–Crippen LogP) is 0.568. The molecule has 1 heterocycles. The van der Waals surface area contributed by atoms with E-state index in [-0.39, 0.29) is 6.04 Å². The molecule has 70 valence electrons. The van der Waals surface area contributed by atoms with Crippen molar-refractivity contribution in [1.82, 2.24) is 4.90 Å². The second-order valence-corrected chi connectivity index (χ2v) is 3.30. The molecule has 0 bridgehead atoms. The molecular formula is C9H18N2O. The summed E-state index contributed by atoms with van der Waals surface area (Å²) in [6.07, 6.45) is 4.02. The van der Waals surface area contributed by atoms with Gasteiger partial charge in [-0.2, -0.15) is 0 Å². The minimum absolute atomic E-state index is 0.121. The summed E-state index contributed by atoms with van der Waals surface area (Å²) in [5.74, 6) is 0. The molecule has 1 aliphatic rings. The van der Waals surface area contributed by atoms with Gasteiger partial charge in [0.05, 0.1) is 6.61 Å². The average molecular weight is 170 g/mol. The van der Waals surface area contributed by atoms with Gasteiger partial charge in [0.2, 0.25) is 0 Å². The van der Waals surface area contributed by atoms with Gasteiger partial charge in [0.1, 0.15) is 0 Å². The Kier molecular flexibility index (Phi) is 3.56. The van der Waals surface area contributed by atoms with Gasteiger partial charge >= 0.3 is 0 Å². The Morgan fingerprint density at radius 3 is 3.08 bits per heavy atom. The van der Waals surface area contributed by atoms with Crippen LogP contribution in [0.2, 0.25) is 0 Å². The molecule has 0 aromatic carbocycles. The van der Waals surface area contributed by atoms with Gasteiger partial charge in [0.25, 0.3) is 0 Å². The Morgan fingerprint density at radius 2 is 2.42 bits per heavy atom. The fraction of sp³-hybridized carbons (Fsp3) is 0.778. The van der Waals surface area contributed by atoms with Crippen molar-refractivity contribution >= 4 is 0 Å². The largest absolute Gasteiger partial charge is 0.380 e. The molecule has 3 nitrogen and oxygen atoms in total. The number of nitrogens with two attached hydrogens (primary N) is 1. The van der Waals surface area contributed by atoms with Crippen LogP contribution >= 0.6 is 0 Å². The standard InChI is InChI=1S/C9H18N2O/c1-3-11(2)9-5-4-6-12-7-8(9)10/h3,8-9H,1,4-7,10H2,2H3/t8-,9+/m0/s1. The van der Waals surface area contributed by atoms with Gasteiger partial charge in [-0.3, -0.25) is 0 Å². The highest BCUT2D eigenvalue weighted by Gasteiger charge is 2.22. The number of hydrogen-bond donors (Lipinski definition) is 1. The van der Waals surface area contributed by atoms with Crippen molar-refractivity contribution in [1.29, 1.82) is 0 Å². The van der Waals surface area contributed by atoms with Crippen molar-refractivity contribution in [2.45, 2.75) is 24.9 Å². The summed E-state index contributed by atoms with van der Waals surface area (Å²) in [4.78, 5) is 2.08. The van der Waals surface area contributed by atoms with Gasteiger partial charge in [0.15, 0.2) is 0 Å². The lowest BCUT2D eigenvalue weighted by Crippen LogP contribution is -2.45. The molecule has 1 fully saturated rings. The molecule has 0 saturated carbocycles. The van der Waals surface area contributed by atoms with Gasteiger partial charge in [-0.1, -0.05) is 6.58 Å². The van der Waals surface area contributed by atoms with Crippen LogP contribution in [0.4, 0.5) is 0 Å². The van der Waals surface area contributed by atoms with Crippen LogP contribution in [0.15, 0.2) is 12.8 Å². The molecule has 0 unspecified atom stereocenters. The third-order valence-corrected chi connectivity index (χ3v) is 2.40. The van der Waals surface area contributed by atoms with Crippen LogP contribution in [0, 0.1) is 0 Å². The lowest BCUT2D eigenvalue weighted by molar-refractivity contribution is 0.126. The summed E-state index contributed by atoms with van der Waals surface area (Å²) in [6.45, 7) is 5.24. The van der Waals surface area contributed by atoms with Crippen molar-refractivity contribution in [2.24, 2.45) is 5.73 Å². The van der Waals surface area contributed by atoms with E-state index >= 15 is 0 Å². The SMILES string of the molecule is C=CN(C)[C@@H]1CCCOC[C@@H]1N. The molecule has 1 rings (SSSR count). The van der Waals surface area contributed by atoms with E-state index in [9.17, 15) is 0 Å². The normalized spacial score (nSPS) is 30.8. The Morgan fingerprint density at radius 1 is 1.67 bits per heavy atom. The van der Waals surface area contributed by atoms with Crippen LogP contribution in [0.3, 0.4) is 0 Å². The molecule has 0 aromatic heterocycles. The van der Waals surface area contributed by atoms with E-state index in [2.05, 4.69) is 11.5 Å². The number of nitrogens with zero attached hydrogens (tertiary/aromatic N) is 1. The summed E-state index contributed by atoms with van der Waals surface area (Å²) in [7, 11) is 2.02. The van der Waals surface area contributed by atoms with E-state index in [1.54, 1.807) is 0 Å². The van der Waals surface area contributed by atoms with Crippen molar-refractivity contribution in [3.05, 3.63) is 12.8 Å². The van der Waals surface area contributed by atoms with Crippen molar-refractivity contribution < 1.29 is 4.74 Å². The summed E-state index contributed by atoms with van der Waals surface area (Å²) in [6, 6.07) is 0.514. The first kappa shape index (κ1) is 9.55. The molecule has 3 heteroatoms. The van der Waals surface area contributed by atoms with Crippen LogP contribution in [0.5, 0.6) is 0 Å². The van der Waals surface area contributed by atoms with Crippen molar-refractivity contribution in [3.8, 4) is 0 Å². The molecule has 0 aliphatic carbocycles. The van der Waals surface area contributed by atoms with Crippen molar-refractivity contribution in [3.63, 3.8) is 0 Å². The minimum atomic E-state index is 0.121. The number of hydrogen-bond acceptors (Lipinski definition) is 3. The molecule has 12 heavy (non-hydrogen) atoms. The second kappa shape index (κ2) is 4.48. The van der Waals surface area contributed by atoms with Crippen LogP contribution in [0.1, 0.15) is 12.8 Å². The molecule has 1 aliphatic heterocycles. The Balaban J connectivity index is 2.52. The third kappa shape index (κ3) is 2.22. The van der Waals surface area contributed by atoms with E-state index in [1.165, 1.54) is 0 Å². The predicted molar refractivity (Wildman–Crippen MR) is 49.8 cm³/mol. The average Bonchev–Trinajstić information content (AvgIpc) is 2.28. The summed E-state index contributed by atoms with van der Waals surface area (Å²) in [5.41, 5.74) is 5.94. The quantitative estimate of drug-likeness (QED) is 0.658. The summed E-state index contributed by atoms with van der Waals surface area (Å²) < 4.78 is 5.35. The van der Waals surface area contributed by atoms with Gasteiger partial charge < -0.3 is 15.4 Å². The molecule has 0 aromatic rings. The molecule has 2 N–H and O–H groups in total. The second-order valence-electron chi connectivity index (χ2n) is 3.30. The minimum Gasteiger partial charge on any atom is -0.380 e. The van der Waals surface area contributed by atoms with E-state index in [1.807, 2.05) is 13.2 Å². The molecule has 0 spiro atoms. The van der Waals surface area contributed by atoms with E-state index in [0.29, 0.717) is 12.6 Å². The highest BCUT2D eigenvalue weighted by Crippen LogP contribution is 2.12. The lowest BCUT2D eigenvalue weighted by Gasteiger charge is -2.29. The Bertz CT molecular complexity index is 149. The third-order valence-electron chi connectivity index (χ3n) is 2.40. The van der Waals surface area contributed by atoms with Gasteiger partial charge in [-0.25, -0.2) is 0 Å². The first-order valence-electron chi connectivity index (χ1n) is 4.43. The number of rotatable bonds is 2. The monoisotopic (exact) mass is 170 g/mol. The molecular weight excluding hydrogens is 152 g/mol. The maximum atomic E-state index is 5.94. The Hall–Kier alpha value is -0.540. The van der Waals surface area contributed by atoms with Crippen LogP contribution in [0.25, 0.3) is 0 Å². The zero-order valence-corrected chi connectivity index (χ0v) is 7.70. The topological polar surface area (TPSA) is 38.5 Å². The fourth-order valence-corrected chi connectivity index (χ4v) is 1.58. The maximum absolute atomic E-state index is 5.94.